The molecule has 1 unspecified atom stereocenters. The van der Waals surface area contributed by atoms with Crippen LogP contribution in [0.4, 0.5) is 9.59 Å². The maximum atomic E-state index is 12.7. The molecular formula is C19H19ClN6O3. The third kappa shape index (κ3) is 4.14. The third-order valence-corrected chi connectivity index (χ3v) is 4.95. The molecule has 4 rings (SSSR count). The van der Waals surface area contributed by atoms with E-state index in [1.807, 2.05) is 31.2 Å². The third-order valence-electron chi connectivity index (χ3n) is 4.75. The lowest BCUT2D eigenvalue weighted by atomic mass is 10.0. The highest BCUT2D eigenvalue weighted by atomic mass is 35.5. The van der Waals surface area contributed by atoms with Crippen LogP contribution in [-0.4, -0.2) is 63.7 Å². The fourth-order valence-electron chi connectivity index (χ4n) is 3.22. The van der Waals surface area contributed by atoms with Gasteiger partial charge in [0.05, 0.1) is 37.1 Å². The Kier molecular flexibility index (Phi) is 5.30. The highest BCUT2D eigenvalue weighted by Crippen LogP contribution is 2.22. The average molecular weight is 415 g/mol. The summed E-state index contributed by atoms with van der Waals surface area (Å²) in [6.07, 6.45) is -0.395. The first-order valence-corrected chi connectivity index (χ1v) is 9.51. The van der Waals surface area contributed by atoms with Gasteiger partial charge in [0, 0.05) is 0 Å². The first kappa shape index (κ1) is 19.1. The number of nitrogens with zero attached hydrogens (tertiary/aromatic N) is 5. The second kappa shape index (κ2) is 8.04. The summed E-state index contributed by atoms with van der Waals surface area (Å²) >= 11 is 5.72. The van der Waals surface area contributed by atoms with Crippen LogP contribution < -0.4 is 5.32 Å². The lowest BCUT2D eigenvalue weighted by Crippen LogP contribution is -2.45. The summed E-state index contributed by atoms with van der Waals surface area (Å²) in [6.45, 7) is 3.22. The number of halogens is 1. The molecular weight excluding hydrogens is 396 g/mol. The second-order valence-corrected chi connectivity index (χ2v) is 7.15. The molecule has 2 aliphatic heterocycles. The lowest BCUT2D eigenvalue weighted by Gasteiger charge is -2.23. The van der Waals surface area contributed by atoms with Gasteiger partial charge < -0.3 is 10.1 Å². The molecule has 1 saturated heterocycles. The van der Waals surface area contributed by atoms with Crippen LogP contribution in [0, 0.1) is 6.92 Å². The van der Waals surface area contributed by atoms with Gasteiger partial charge in [0.1, 0.15) is 6.61 Å². The molecule has 1 aromatic carbocycles. The quantitative estimate of drug-likeness (QED) is 0.826. The molecule has 1 aromatic heterocycles. The molecule has 0 saturated carbocycles. The number of carbonyl (C=O) groups is 2. The van der Waals surface area contributed by atoms with Crippen molar-refractivity contribution in [3.05, 3.63) is 58.4 Å². The van der Waals surface area contributed by atoms with Crippen LogP contribution >= 0.6 is 11.6 Å². The van der Waals surface area contributed by atoms with Crippen molar-refractivity contribution in [1.29, 1.82) is 0 Å². The Morgan fingerprint density at radius 2 is 2.03 bits per heavy atom. The van der Waals surface area contributed by atoms with E-state index in [0.717, 1.165) is 11.1 Å². The average Bonchev–Trinajstić information content (AvgIpc) is 3.34. The number of carbonyl (C=O) groups excluding carboxylic acids is 2. The van der Waals surface area contributed by atoms with Crippen LogP contribution in [0.3, 0.4) is 0 Å². The molecule has 1 N–H and O–H groups in total. The predicted octanol–water partition coefficient (Wildman–Crippen LogP) is 2.19. The van der Waals surface area contributed by atoms with E-state index in [-0.39, 0.29) is 30.3 Å². The number of benzene rings is 1. The zero-order chi connectivity index (χ0) is 20.4. The van der Waals surface area contributed by atoms with Crippen molar-refractivity contribution in [2.45, 2.75) is 19.5 Å². The number of nitrogens with one attached hydrogen (secondary N) is 1. The lowest BCUT2D eigenvalue weighted by molar-refractivity contribution is 0.151. The molecule has 3 amide bonds. The zero-order valence-electron chi connectivity index (χ0n) is 15.7. The Morgan fingerprint density at radius 1 is 1.24 bits per heavy atom. The summed E-state index contributed by atoms with van der Waals surface area (Å²) in [5.74, 6) is 0. The number of cyclic esters (lactones) is 1. The molecule has 0 radical (unpaired) electrons. The van der Waals surface area contributed by atoms with Gasteiger partial charge in [-0.25, -0.2) is 14.6 Å². The van der Waals surface area contributed by atoms with E-state index in [1.54, 1.807) is 17.0 Å². The van der Waals surface area contributed by atoms with Crippen molar-refractivity contribution in [1.82, 2.24) is 25.4 Å². The van der Waals surface area contributed by atoms with E-state index < -0.39 is 6.09 Å². The molecule has 0 spiro atoms. The minimum absolute atomic E-state index is 0.186. The fraction of sp³-hybridized carbons (Fsp3) is 0.316. The van der Waals surface area contributed by atoms with E-state index in [2.05, 4.69) is 20.6 Å². The molecule has 10 heteroatoms. The van der Waals surface area contributed by atoms with Gasteiger partial charge >= 0.3 is 12.1 Å². The standard InChI is InChI=1S/C19H19ClN6O3/c1-12-2-4-13(5-3-12)17-15(25-8-9-29-19(25)28)11-26(24-17)18(27)21-10-14-6-7-16(20)23-22-14/h2-7,15H,8-11H2,1H3,(H,21,27). The molecule has 2 aromatic rings. The van der Waals surface area contributed by atoms with E-state index in [4.69, 9.17) is 16.3 Å². The van der Waals surface area contributed by atoms with Gasteiger partial charge in [-0.1, -0.05) is 41.4 Å². The summed E-state index contributed by atoms with van der Waals surface area (Å²) < 4.78 is 5.08. The summed E-state index contributed by atoms with van der Waals surface area (Å²) in [5.41, 5.74) is 3.21. The monoisotopic (exact) mass is 414 g/mol. The normalized spacial score (nSPS) is 18.6. The van der Waals surface area contributed by atoms with Crippen molar-refractivity contribution in [3.8, 4) is 0 Å². The van der Waals surface area contributed by atoms with Gasteiger partial charge in [-0.15, -0.1) is 5.10 Å². The predicted molar refractivity (Wildman–Crippen MR) is 106 cm³/mol. The van der Waals surface area contributed by atoms with Crippen LogP contribution in [0.2, 0.25) is 5.15 Å². The number of hydrogen-bond acceptors (Lipinski definition) is 6. The van der Waals surface area contributed by atoms with Gasteiger partial charge in [-0.2, -0.15) is 10.2 Å². The van der Waals surface area contributed by atoms with E-state index >= 15 is 0 Å². The number of rotatable bonds is 4. The number of aryl methyl sites for hydroxylation is 1. The van der Waals surface area contributed by atoms with Crippen LogP contribution in [0.25, 0.3) is 0 Å². The molecule has 0 aliphatic carbocycles. The molecule has 3 heterocycles. The van der Waals surface area contributed by atoms with Crippen LogP contribution in [0.1, 0.15) is 16.8 Å². The van der Waals surface area contributed by atoms with Crippen molar-refractivity contribution < 1.29 is 14.3 Å². The maximum absolute atomic E-state index is 12.7. The number of ether oxygens (including phenoxy) is 1. The molecule has 2 aliphatic rings. The minimum Gasteiger partial charge on any atom is -0.448 e. The molecule has 150 valence electrons. The van der Waals surface area contributed by atoms with E-state index in [9.17, 15) is 9.59 Å². The summed E-state index contributed by atoms with van der Waals surface area (Å²) in [4.78, 5) is 26.4. The fourth-order valence-corrected chi connectivity index (χ4v) is 3.32. The minimum atomic E-state index is -0.395. The maximum Gasteiger partial charge on any atom is 0.410 e. The first-order valence-electron chi connectivity index (χ1n) is 9.13. The smallest absolute Gasteiger partial charge is 0.410 e. The van der Waals surface area contributed by atoms with E-state index in [0.29, 0.717) is 24.6 Å². The Bertz CT molecular complexity index is 947. The number of urea groups is 1. The van der Waals surface area contributed by atoms with Gasteiger partial charge in [0.2, 0.25) is 0 Å². The molecule has 1 atom stereocenters. The highest BCUT2D eigenvalue weighted by Gasteiger charge is 2.40. The van der Waals surface area contributed by atoms with Crippen molar-refractivity contribution in [3.63, 3.8) is 0 Å². The van der Waals surface area contributed by atoms with Gasteiger partial charge in [-0.05, 0) is 24.6 Å². The first-order chi connectivity index (χ1) is 14.0. The van der Waals surface area contributed by atoms with Gasteiger partial charge in [0.25, 0.3) is 0 Å². The molecule has 9 nitrogen and oxygen atoms in total. The Labute approximate surface area is 172 Å². The SMILES string of the molecule is Cc1ccc(C2=NN(C(=O)NCc3ccc(Cl)nn3)CC2N2CCOC2=O)cc1. The zero-order valence-corrected chi connectivity index (χ0v) is 16.5. The Balaban J connectivity index is 1.52. The molecule has 29 heavy (non-hydrogen) atoms. The van der Waals surface area contributed by atoms with Crippen molar-refractivity contribution in [2.75, 3.05) is 19.7 Å². The molecule has 1 fully saturated rings. The summed E-state index contributed by atoms with van der Waals surface area (Å²) in [6, 6.07) is 10.4. The number of hydrazone groups is 1. The number of hydrogen-bond donors (Lipinski definition) is 1. The molecule has 0 bridgehead atoms. The van der Waals surface area contributed by atoms with Gasteiger partial charge in [0.15, 0.2) is 5.15 Å². The van der Waals surface area contributed by atoms with E-state index in [1.165, 1.54) is 5.01 Å². The van der Waals surface area contributed by atoms with Crippen molar-refractivity contribution >= 4 is 29.4 Å². The summed E-state index contributed by atoms with van der Waals surface area (Å²) in [7, 11) is 0. The topological polar surface area (TPSA) is 100 Å². The van der Waals surface area contributed by atoms with Crippen LogP contribution in [0.15, 0.2) is 41.5 Å². The Morgan fingerprint density at radius 3 is 2.69 bits per heavy atom. The van der Waals surface area contributed by atoms with Gasteiger partial charge in [-0.3, -0.25) is 4.90 Å². The summed E-state index contributed by atoms with van der Waals surface area (Å²) in [5, 5.41) is 16.5. The Hall–Kier alpha value is -3.20. The largest absolute Gasteiger partial charge is 0.448 e. The van der Waals surface area contributed by atoms with Crippen LogP contribution in [0.5, 0.6) is 0 Å². The highest BCUT2D eigenvalue weighted by molar-refractivity contribution is 6.29. The second-order valence-electron chi connectivity index (χ2n) is 6.76. The number of aromatic nitrogens is 2. The van der Waals surface area contributed by atoms with Crippen molar-refractivity contribution in [2.24, 2.45) is 5.10 Å². The van der Waals surface area contributed by atoms with Crippen LogP contribution in [-0.2, 0) is 11.3 Å². The number of amides is 3.